The van der Waals surface area contributed by atoms with Crippen LogP contribution >= 0.6 is 11.3 Å². The molecule has 1 aliphatic carbocycles. The topological polar surface area (TPSA) is 55.4 Å². The number of hydrogen-bond donors (Lipinski definition) is 1. The van der Waals surface area contributed by atoms with E-state index in [1.54, 1.807) is 6.92 Å². The molecular formula is C22H27NO3S. The molecule has 1 fully saturated rings. The first-order chi connectivity index (χ1) is 13.2. The number of anilines is 1. The highest BCUT2D eigenvalue weighted by Crippen LogP contribution is 2.36. The van der Waals surface area contributed by atoms with Crippen LogP contribution in [0.2, 0.25) is 0 Å². The van der Waals surface area contributed by atoms with Crippen molar-refractivity contribution < 1.29 is 14.3 Å². The molecule has 144 valence electrons. The third kappa shape index (κ3) is 5.42. The molecule has 0 atom stereocenters. The molecule has 5 heteroatoms. The smallest absolute Gasteiger partial charge is 0.341 e. The Balaban J connectivity index is 1.71. The molecule has 0 unspecified atom stereocenters. The van der Waals surface area contributed by atoms with Gasteiger partial charge in [0.25, 0.3) is 0 Å². The van der Waals surface area contributed by atoms with Gasteiger partial charge < -0.3 is 10.1 Å². The van der Waals surface area contributed by atoms with Gasteiger partial charge >= 0.3 is 5.97 Å². The predicted octanol–water partition coefficient (Wildman–Crippen LogP) is 5.89. The van der Waals surface area contributed by atoms with E-state index in [-0.39, 0.29) is 5.91 Å². The van der Waals surface area contributed by atoms with E-state index in [9.17, 15) is 9.59 Å². The van der Waals surface area contributed by atoms with Crippen LogP contribution in [0, 0.1) is 5.92 Å². The zero-order chi connectivity index (χ0) is 19.1. The number of nitrogens with one attached hydrogen (secondary N) is 1. The maximum Gasteiger partial charge on any atom is 0.341 e. The molecule has 1 heterocycles. The summed E-state index contributed by atoms with van der Waals surface area (Å²) in [5.41, 5.74) is 1.46. The molecule has 1 aromatic carbocycles. The van der Waals surface area contributed by atoms with Crippen LogP contribution in [0.4, 0.5) is 5.00 Å². The molecule has 4 nitrogen and oxygen atoms in total. The van der Waals surface area contributed by atoms with E-state index in [2.05, 4.69) is 5.32 Å². The number of carbonyl (C=O) groups is 2. The lowest BCUT2D eigenvalue weighted by Gasteiger charge is -2.20. The maximum atomic E-state index is 12.5. The van der Waals surface area contributed by atoms with E-state index in [1.807, 2.05) is 36.4 Å². The van der Waals surface area contributed by atoms with Crippen LogP contribution in [0.3, 0.4) is 0 Å². The minimum Gasteiger partial charge on any atom is -0.462 e. The molecule has 0 spiro atoms. The van der Waals surface area contributed by atoms with Crippen molar-refractivity contribution in [3.05, 3.63) is 42.0 Å². The lowest BCUT2D eigenvalue weighted by atomic mass is 9.86. The monoisotopic (exact) mass is 385 g/mol. The van der Waals surface area contributed by atoms with Crippen LogP contribution in [0.25, 0.3) is 10.4 Å². The van der Waals surface area contributed by atoms with E-state index < -0.39 is 5.97 Å². The largest absolute Gasteiger partial charge is 0.462 e. The van der Waals surface area contributed by atoms with Crippen molar-refractivity contribution in [1.82, 2.24) is 0 Å². The number of thiophene rings is 1. The van der Waals surface area contributed by atoms with Crippen molar-refractivity contribution in [2.75, 3.05) is 11.9 Å². The summed E-state index contributed by atoms with van der Waals surface area (Å²) in [5, 5.41) is 3.54. The van der Waals surface area contributed by atoms with Gasteiger partial charge in [0.1, 0.15) is 5.00 Å². The van der Waals surface area contributed by atoms with Crippen molar-refractivity contribution in [3.63, 3.8) is 0 Å². The van der Waals surface area contributed by atoms with E-state index in [0.717, 1.165) is 16.9 Å². The van der Waals surface area contributed by atoms with Gasteiger partial charge in [-0.25, -0.2) is 4.79 Å². The minimum atomic E-state index is -0.390. The summed E-state index contributed by atoms with van der Waals surface area (Å²) in [5.74, 6) is 0.253. The zero-order valence-electron chi connectivity index (χ0n) is 15.8. The van der Waals surface area contributed by atoms with Gasteiger partial charge in [-0.15, -0.1) is 11.3 Å². The summed E-state index contributed by atoms with van der Waals surface area (Å²) < 4.78 is 5.17. The highest BCUT2D eigenvalue weighted by atomic mass is 32.1. The van der Waals surface area contributed by atoms with Gasteiger partial charge in [0.2, 0.25) is 5.91 Å². The normalized spacial score (nSPS) is 14.7. The Kier molecular flexibility index (Phi) is 7.04. The highest BCUT2D eigenvalue weighted by molar-refractivity contribution is 7.20. The Morgan fingerprint density at radius 3 is 2.59 bits per heavy atom. The molecule has 1 aromatic heterocycles. The third-order valence-electron chi connectivity index (χ3n) is 5.04. The maximum absolute atomic E-state index is 12.5. The molecular weight excluding hydrogens is 358 g/mol. The van der Waals surface area contributed by atoms with Gasteiger partial charge in [-0.2, -0.15) is 0 Å². The first-order valence-corrected chi connectivity index (χ1v) is 10.6. The summed E-state index contributed by atoms with van der Waals surface area (Å²) in [6.45, 7) is 2.09. The summed E-state index contributed by atoms with van der Waals surface area (Å²) in [7, 11) is 0. The number of esters is 1. The Morgan fingerprint density at radius 2 is 1.89 bits per heavy atom. The molecule has 1 amide bonds. The van der Waals surface area contributed by atoms with E-state index in [1.165, 1.54) is 43.4 Å². The average Bonchev–Trinajstić information content (AvgIpc) is 3.12. The SMILES string of the molecule is CCOC(=O)c1cc(-c2ccccc2)sc1NC(=O)CCC1CCCCC1. The van der Waals surface area contributed by atoms with Crippen molar-refractivity contribution in [2.45, 2.75) is 51.9 Å². The quantitative estimate of drug-likeness (QED) is 0.605. The summed E-state index contributed by atoms with van der Waals surface area (Å²) in [6.07, 6.45) is 7.79. The van der Waals surface area contributed by atoms with Gasteiger partial charge in [0.05, 0.1) is 12.2 Å². The van der Waals surface area contributed by atoms with Crippen molar-refractivity contribution >= 4 is 28.2 Å². The Bertz CT molecular complexity index is 763. The Hall–Kier alpha value is -2.14. The number of carbonyl (C=O) groups excluding carboxylic acids is 2. The van der Waals surface area contributed by atoms with Crippen molar-refractivity contribution in [2.24, 2.45) is 5.92 Å². The number of amides is 1. The van der Waals surface area contributed by atoms with Gasteiger partial charge in [-0.05, 0) is 30.9 Å². The van der Waals surface area contributed by atoms with Crippen LogP contribution < -0.4 is 5.32 Å². The van der Waals surface area contributed by atoms with Crippen LogP contribution in [0.15, 0.2) is 36.4 Å². The first-order valence-electron chi connectivity index (χ1n) is 9.83. The second kappa shape index (κ2) is 9.70. The predicted molar refractivity (Wildman–Crippen MR) is 110 cm³/mol. The molecule has 0 saturated heterocycles. The van der Waals surface area contributed by atoms with Gasteiger partial charge in [0, 0.05) is 11.3 Å². The molecule has 2 aromatic rings. The van der Waals surface area contributed by atoms with Crippen LogP contribution in [-0.4, -0.2) is 18.5 Å². The third-order valence-corrected chi connectivity index (χ3v) is 6.14. The minimum absolute atomic E-state index is 0.0208. The lowest BCUT2D eigenvalue weighted by Crippen LogP contribution is -2.16. The molecule has 27 heavy (non-hydrogen) atoms. The molecule has 3 rings (SSSR count). The molecule has 1 N–H and O–H groups in total. The first kappa shape index (κ1) is 19.6. The Morgan fingerprint density at radius 1 is 1.15 bits per heavy atom. The van der Waals surface area contributed by atoms with Crippen LogP contribution in [0.5, 0.6) is 0 Å². The standard InChI is InChI=1S/C22H27NO3S/c1-2-26-22(25)18-15-19(17-11-7-4-8-12-17)27-21(18)23-20(24)14-13-16-9-5-3-6-10-16/h4,7-8,11-12,15-16H,2-3,5-6,9-10,13-14H2,1H3,(H,23,24). The fraction of sp³-hybridized carbons (Fsp3) is 0.455. The fourth-order valence-corrected chi connectivity index (χ4v) is 4.66. The van der Waals surface area contributed by atoms with E-state index in [0.29, 0.717) is 29.5 Å². The second-order valence-electron chi connectivity index (χ2n) is 7.03. The highest BCUT2D eigenvalue weighted by Gasteiger charge is 2.21. The summed E-state index contributed by atoms with van der Waals surface area (Å²) in [6, 6.07) is 11.7. The fourth-order valence-electron chi connectivity index (χ4n) is 3.59. The van der Waals surface area contributed by atoms with Crippen LogP contribution in [0.1, 0.15) is 62.2 Å². The van der Waals surface area contributed by atoms with E-state index >= 15 is 0 Å². The molecule has 1 saturated carbocycles. The molecule has 0 radical (unpaired) electrons. The van der Waals surface area contributed by atoms with Gasteiger partial charge in [-0.1, -0.05) is 62.4 Å². The van der Waals surface area contributed by atoms with Gasteiger partial charge in [-0.3, -0.25) is 4.79 Å². The molecule has 0 bridgehead atoms. The average molecular weight is 386 g/mol. The number of rotatable bonds is 7. The summed E-state index contributed by atoms with van der Waals surface area (Å²) in [4.78, 5) is 25.8. The molecule has 1 aliphatic rings. The second-order valence-corrected chi connectivity index (χ2v) is 8.08. The van der Waals surface area contributed by atoms with E-state index in [4.69, 9.17) is 4.74 Å². The van der Waals surface area contributed by atoms with Gasteiger partial charge in [0.15, 0.2) is 0 Å². The van der Waals surface area contributed by atoms with Crippen molar-refractivity contribution in [1.29, 1.82) is 0 Å². The number of benzene rings is 1. The number of hydrogen-bond acceptors (Lipinski definition) is 4. The number of ether oxygens (including phenoxy) is 1. The summed E-state index contributed by atoms with van der Waals surface area (Å²) >= 11 is 1.42. The van der Waals surface area contributed by atoms with Crippen molar-refractivity contribution in [3.8, 4) is 10.4 Å². The van der Waals surface area contributed by atoms with Crippen LogP contribution in [-0.2, 0) is 9.53 Å². The molecule has 0 aliphatic heterocycles. The Labute approximate surface area is 164 Å². The lowest BCUT2D eigenvalue weighted by molar-refractivity contribution is -0.116. The zero-order valence-corrected chi connectivity index (χ0v) is 16.6.